The molecule has 3 aromatic rings. The second-order valence-corrected chi connectivity index (χ2v) is 5.20. The number of fused-ring (bicyclic) bond motifs is 1. The van der Waals surface area contributed by atoms with E-state index >= 15 is 0 Å². The first-order valence-corrected chi connectivity index (χ1v) is 7.11. The number of benzene rings is 1. The zero-order valence-electron chi connectivity index (χ0n) is 10.6. The molecule has 2 heterocycles. The van der Waals surface area contributed by atoms with Crippen LogP contribution in [-0.4, -0.2) is 21.7 Å². The van der Waals surface area contributed by atoms with E-state index in [1.165, 1.54) is 0 Å². The van der Waals surface area contributed by atoms with Gasteiger partial charge in [-0.15, -0.1) is 10.2 Å². The SMILES string of the molecule is CCCNc1nnc(-c2cccc3cccnc23)s1. The summed E-state index contributed by atoms with van der Waals surface area (Å²) in [6.45, 7) is 3.05. The Morgan fingerprint density at radius 3 is 2.95 bits per heavy atom. The topological polar surface area (TPSA) is 50.7 Å². The smallest absolute Gasteiger partial charge is 0.206 e. The lowest BCUT2D eigenvalue weighted by Crippen LogP contribution is -1.98. The molecule has 1 N–H and O–H groups in total. The fraction of sp³-hybridized carbons (Fsp3) is 0.214. The number of nitrogens with zero attached hydrogens (tertiary/aromatic N) is 3. The maximum atomic E-state index is 4.45. The van der Waals surface area contributed by atoms with Gasteiger partial charge in [0.2, 0.25) is 5.13 Å². The molecule has 3 rings (SSSR count). The molecule has 0 saturated heterocycles. The molecule has 0 spiro atoms. The summed E-state index contributed by atoms with van der Waals surface area (Å²) >= 11 is 1.57. The molecule has 0 aliphatic heterocycles. The van der Waals surface area contributed by atoms with Gasteiger partial charge in [0, 0.05) is 23.7 Å². The van der Waals surface area contributed by atoms with Gasteiger partial charge in [0.05, 0.1) is 5.52 Å². The summed E-state index contributed by atoms with van der Waals surface area (Å²) in [5, 5.41) is 14.6. The lowest BCUT2D eigenvalue weighted by atomic mass is 10.1. The van der Waals surface area contributed by atoms with Crippen molar-refractivity contribution in [3.05, 3.63) is 36.5 Å². The van der Waals surface area contributed by atoms with E-state index in [4.69, 9.17) is 0 Å². The summed E-state index contributed by atoms with van der Waals surface area (Å²) in [5.41, 5.74) is 2.02. The van der Waals surface area contributed by atoms with E-state index in [0.29, 0.717) is 0 Å². The largest absolute Gasteiger partial charge is 0.360 e. The zero-order chi connectivity index (χ0) is 13.1. The molecule has 0 atom stereocenters. The predicted octanol–water partition coefficient (Wildman–Crippen LogP) is 3.58. The van der Waals surface area contributed by atoms with Gasteiger partial charge >= 0.3 is 0 Å². The van der Waals surface area contributed by atoms with Crippen LogP contribution in [0.3, 0.4) is 0 Å². The monoisotopic (exact) mass is 270 g/mol. The molecule has 0 amide bonds. The van der Waals surface area contributed by atoms with Crippen LogP contribution in [0.4, 0.5) is 5.13 Å². The number of anilines is 1. The van der Waals surface area contributed by atoms with Gasteiger partial charge in [-0.25, -0.2) is 0 Å². The molecule has 19 heavy (non-hydrogen) atoms. The van der Waals surface area contributed by atoms with E-state index in [0.717, 1.165) is 39.6 Å². The molecule has 0 unspecified atom stereocenters. The first-order valence-electron chi connectivity index (χ1n) is 6.30. The fourth-order valence-electron chi connectivity index (χ4n) is 1.91. The summed E-state index contributed by atoms with van der Waals surface area (Å²) in [6.07, 6.45) is 2.88. The number of rotatable bonds is 4. The average molecular weight is 270 g/mol. The normalized spacial score (nSPS) is 10.8. The lowest BCUT2D eigenvalue weighted by molar-refractivity contribution is 0.964. The van der Waals surface area contributed by atoms with Gasteiger partial charge in [0.25, 0.3) is 0 Å². The fourth-order valence-corrected chi connectivity index (χ4v) is 2.71. The Bertz CT molecular complexity index is 687. The maximum Gasteiger partial charge on any atom is 0.206 e. The van der Waals surface area contributed by atoms with Gasteiger partial charge in [-0.05, 0) is 18.6 Å². The van der Waals surface area contributed by atoms with Gasteiger partial charge in [0.15, 0.2) is 5.01 Å². The van der Waals surface area contributed by atoms with E-state index in [2.05, 4.69) is 39.6 Å². The molecule has 0 radical (unpaired) electrons. The van der Waals surface area contributed by atoms with Crippen molar-refractivity contribution in [3.8, 4) is 10.6 Å². The van der Waals surface area contributed by atoms with Crippen molar-refractivity contribution in [2.75, 3.05) is 11.9 Å². The van der Waals surface area contributed by atoms with Gasteiger partial charge < -0.3 is 5.32 Å². The average Bonchev–Trinajstić information content (AvgIpc) is 2.93. The Labute approximate surface area is 115 Å². The molecule has 0 fully saturated rings. The second kappa shape index (κ2) is 5.32. The number of aromatic nitrogens is 3. The molecular formula is C14H14N4S. The number of hydrogen-bond acceptors (Lipinski definition) is 5. The van der Waals surface area contributed by atoms with E-state index in [9.17, 15) is 0 Å². The van der Waals surface area contributed by atoms with Crippen LogP contribution in [0.1, 0.15) is 13.3 Å². The number of pyridine rings is 1. The summed E-state index contributed by atoms with van der Waals surface area (Å²) in [5.74, 6) is 0. The standard InChI is InChI=1S/C14H14N4S/c1-2-8-16-14-18-17-13(19-14)11-7-3-5-10-6-4-9-15-12(10)11/h3-7,9H,2,8H2,1H3,(H,16,18). The Morgan fingerprint density at radius 2 is 2.05 bits per heavy atom. The van der Waals surface area contributed by atoms with E-state index in [1.54, 1.807) is 11.3 Å². The Morgan fingerprint density at radius 1 is 1.16 bits per heavy atom. The minimum atomic E-state index is 0.866. The molecule has 1 aromatic carbocycles. The summed E-state index contributed by atoms with van der Waals surface area (Å²) in [7, 11) is 0. The molecule has 0 aliphatic carbocycles. The van der Waals surface area contributed by atoms with E-state index < -0.39 is 0 Å². The molecule has 96 valence electrons. The van der Waals surface area contributed by atoms with Crippen molar-refractivity contribution in [1.29, 1.82) is 0 Å². The molecular weight excluding hydrogens is 256 g/mol. The minimum Gasteiger partial charge on any atom is -0.360 e. The Balaban J connectivity index is 2.02. The van der Waals surface area contributed by atoms with Crippen LogP contribution in [0, 0.1) is 0 Å². The lowest BCUT2D eigenvalue weighted by Gasteiger charge is -2.01. The zero-order valence-corrected chi connectivity index (χ0v) is 11.4. The van der Waals surface area contributed by atoms with Crippen molar-refractivity contribution >= 4 is 27.4 Å². The van der Waals surface area contributed by atoms with Gasteiger partial charge in [-0.2, -0.15) is 0 Å². The number of hydrogen-bond donors (Lipinski definition) is 1. The van der Waals surface area contributed by atoms with E-state index in [1.807, 2.05) is 24.4 Å². The highest BCUT2D eigenvalue weighted by molar-refractivity contribution is 7.18. The van der Waals surface area contributed by atoms with Gasteiger partial charge in [-0.1, -0.05) is 36.5 Å². The Kier molecular flexibility index (Phi) is 3.37. The first-order chi connectivity index (χ1) is 9.38. The third kappa shape index (κ3) is 2.42. The highest BCUT2D eigenvalue weighted by atomic mass is 32.1. The molecule has 4 nitrogen and oxygen atoms in total. The quantitative estimate of drug-likeness (QED) is 0.787. The molecule has 0 aliphatic rings. The second-order valence-electron chi connectivity index (χ2n) is 4.22. The van der Waals surface area contributed by atoms with Crippen LogP contribution in [0.15, 0.2) is 36.5 Å². The van der Waals surface area contributed by atoms with Crippen molar-refractivity contribution in [2.45, 2.75) is 13.3 Å². The first kappa shape index (κ1) is 12.0. The van der Waals surface area contributed by atoms with Gasteiger partial charge in [0.1, 0.15) is 0 Å². The predicted molar refractivity (Wildman–Crippen MR) is 79.4 cm³/mol. The van der Waals surface area contributed by atoms with E-state index in [-0.39, 0.29) is 0 Å². The van der Waals surface area contributed by atoms with Crippen molar-refractivity contribution in [3.63, 3.8) is 0 Å². The summed E-state index contributed by atoms with van der Waals surface area (Å²) in [4.78, 5) is 4.45. The van der Waals surface area contributed by atoms with Gasteiger partial charge in [-0.3, -0.25) is 4.98 Å². The third-order valence-electron chi connectivity index (χ3n) is 2.81. The highest BCUT2D eigenvalue weighted by Gasteiger charge is 2.10. The van der Waals surface area contributed by atoms with Crippen LogP contribution in [0.25, 0.3) is 21.5 Å². The molecule has 0 bridgehead atoms. The summed E-state index contributed by atoms with van der Waals surface area (Å²) in [6, 6.07) is 10.1. The van der Waals surface area contributed by atoms with Crippen molar-refractivity contribution in [1.82, 2.24) is 15.2 Å². The molecule has 5 heteroatoms. The van der Waals surface area contributed by atoms with Crippen LogP contribution in [0.2, 0.25) is 0 Å². The molecule has 0 saturated carbocycles. The van der Waals surface area contributed by atoms with Crippen molar-refractivity contribution < 1.29 is 0 Å². The Hall–Kier alpha value is -2.01. The van der Waals surface area contributed by atoms with Crippen LogP contribution < -0.4 is 5.32 Å². The third-order valence-corrected chi connectivity index (χ3v) is 3.73. The van der Waals surface area contributed by atoms with Crippen LogP contribution in [-0.2, 0) is 0 Å². The van der Waals surface area contributed by atoms with Crippen molar-refractivity contribution in [2.24, 2.45) is 0 Å². The highest BCUT2D eigenvalue weighted by Crippen LogP contribution is 2.30. The summed E-state index contributed by atoms with van der Waals surface area (Å²) < 4.78 is 0. The number of nitrogens with one attached hydrogen (secondary N) is 1. The molecule has 2 aromatic heterocycles. The van der Waals surface area contributed by atoms with Crippen LogP contribution in [0.5, 0.6) is 0 Å². The number of para-hydroxylation sites is 1. The maximum absolute atomic E-state index is 4.45. The minimum absolute atomic E-state index is 0.866. The van der Waals surface area contributed by atoms with Crippen LogP contribution >= 0.6 is 11.3 Å².